The monoisotopic (exact) mass is 363 g/mol. The van der Waals surface area contributed by atoms with Crippen molar-refractivity contribution in [3.05, 3.63) is 64.1 Å². The maximum Gasteiger partial charge on any atom is 0.220 e. The molecule has 0 aromatic heterocycles. The van der Waals surface area contributed by atoms with E-state index in [1.54, 1.807) is 11.8 Å². The number of benzene rings is 2. The summed E-state index contributed by atoms with van der Waals surface area (Å²) in [4.78, 5) is 13.1. The van der Waals surface area contributed by atoms with E-state index in [-0.39, 0.29) is 5.91 Å². The Labute approximate surface area is 138 Å². The maximum absolute atomic E-state index is 11.9. The highest BCUT2D eigenvalue weighted by molar-refractivity contribution is 9.10. The first-order chi connectivity index (χ1) is 10.2. The largest absolute Gasteiger partial charge is 0.352 e. The number of nitrogens with one attached hydrogen (secondary N) is 1. The van der Waals surface area contributed by atoms with E-state index in [4.69, 9.17) is 0 Å². The van der Waals surface area contributed by atoms with E-state index in [2.05, 4.69) is 57.8 Å². The summed E-state index contributed by atoms with van der Waals surface area (Å²) in [5, 5.41) is 2.96. The number of carbonyl (C=O) groups is 1. The van der Waals surface area contributed by atoms with Crippen LogP contribution in [-0.4, -0.2) is 12.2 Å². The predicted octanol–water partition coefficient (Wildman–Crippen LogP) is 4.42. The van der Waals surface area contributed by atoms with Gasteiger partial charge in [0.15, 0.2) is 0 Å². The Hall–Kier alpha value is -1.26. The second-order valence-corrected chi connectivity index (χ2v) is 6.55. The summed E-state index contributed by atoms with van der Waals surface area (Å²) in [5.41, 5.74) is 2.30. The number of hydrogen-bond donors (Lipinski definition) is 1. The Balaban J connectivity index is 1.76. The number of halogens is 1. The van der Waals surface area contributed by atoms with E-state index in [0.717, 1.165) is 16.5 Å². The molecule has 0 radical (unpaired) electrons. The van der Waals surface area contributed by atoms with Crippen molar-refractivity contribution in [2.24, 2.45) is 0 Å². The zero-order valence-electron chi connectivity index (χ0n) is 11.9. The van der Waals surface area contributed by atoms with E-state index in [1.165, 1.54) is 10.5 Å². The van der Waals surface area contributed by atoms with Crippen LogP contribution in [0, 0.1) is 0 Å². The number of thioether (sulfide) groups is 1. The molecule has 0 unspecified atom stereocenters. The lowest BCUT2D eigenvalue weighted by atomic mass is 10.1. The van der Waals surface area contributed by atoms with Crippen molar-refractivity contribution in [1.29, 1.82) is 0 Å². The van der Waals surface area contributed by atoms with Gasteiger partial charge in [0.1, 0.15) is 0 Å². The molecule has 1 amide bonds. The van der Waals surface area contributed by atoms with Crippen molar-refractivity contribution >= 4 is 33.6 Å². The van der Waals surface area contributed by atoms with E-state index in [1.807, 2.05) is 18.2 Å². The number of rotatable bonds is 6. The van der Waals surface area contributed by atoms with Crippen molar-refractivity contribution < 1.29 is 4.79 Å². The summed E-state index contributed by atoms with van der Waals surface area (Å²) >= 11 is 5.16. The third-order valence-corrected chi connectivity index (χ3v) is 4.42. The van der Waals surface area contributed by atoms with Crippen molar-refractivity contribution in [1.82, 2.24) is 5.32 Å². The molecule has 1 N–H and O–H groups in total. The molecule has 0 saturated heterocycles. The molecule has 0 aliphatic rings. The number of carbonyl (C=O) groups excluding carboxylic acids is 1. The highest BCUT2D eigenvalue weighted by atomic mass is 79.9. The minimum atomic E-state index is 0.0870. The fraction of sp³-hybridized carbons (Fsp3) is 0.235. The highest BCUT2D eigenvalue weighted by Crippen LogP contribution is 2.15. The molecule has 0 atom stereocenters. The first-order valence-electron chi connectivity index (χ1n) is 6.81. The molecule has 21 heavy (non-hydrogen) atoms. The van der Waals surface area contributed by atoms with Crippen LogP contribution < -0.4 is 5.32 Å². The Morgan fingerprint density at radius 3 is 2.57 bits per heavy atom. The van der Waals surface area contributed by atoms with Crippen LogP contribution >= 0.6 is 27.7 Å². The van der Waals surface area contributed by atoms with Crippen LogP contribution in [-0.2, 0) is 17.8 Å². The predicted molar refractivity (Wildman–Crippen MR) is 92.5 cm³/mol. The molecule has 2 aromatic carbocycles. The van der Waals surface area contributed by atoms with Crippen molar-refractivity contribution in [2.45, 2.75) is 24.3 Å². The van der Waals surface area contributed by atoms with Gasteiger partial charge < -0.3 is 5.32 Å². The second kappa shape index (κ2) is 8.25. The van der Waals surface area contributed by atoms with Gasteiger partial charge in [-0.25, -0.2) is 0 Å². The molecule has 0 spiro atoms. The first kappa shape index (κ1) is 16.1. The summed E-state index contributed by atoms with van der Waals surface area (Å²) in [7, 11) is 0. The molecule has 4 heteroatoms. The van der Waals surface area contributed by atoms with Gasteiger partial charge >= 0.3 is 0 Å². The average Bonchev–Trinajstić information content (AvgIpc) is 2.51. The molecule has 110 valence electrons. The van der Waals surface area contributed by atoms with E-state index >= 15 is 0 Å². The van der Waals surface area contributed by atoms with Crippen LogP contribution in [0.3, 0.4) is 0 Å². The minimum Gasteiger partial charge on any atom is -0.352 e. The van der Waals surface area contributed by atoms with Gasteiger partial charge in [0.25, 0.3) is 0 Å². The lowest BCUT2D eigenvalue weighted by Crippen LogP contribution is -2.22. The lowest BCUT2D eigenvalue weighted by molar-refractivity contribution is -0.121. The molecule has 2 rings (SSSR count). The second-order valence-electron chi connectivity index (χ2n) is 4.75. The van der Waals surface area contributed by atoms with Crippen molar-refractivity contribution in [3.63, 3.8) is 0 Å². The lowest BCUT2D eigenvalue weighted by Gasteiger charge is -2.06. The Morgan fingerprint density at radius 2 is 1.90 bits per heavy atom. The summed E-state index contributed by atoms with van der Waals surface area (Å²) in [5.74, 6) is 0.0870. The van der Waals surface area contributed by atoms with Gasteiger partial charge in [0, 0.05) is 22.3 Å². The average molecular weight is 364 g/mol. The number of hydrogen-bond acceptors (Lipinski definition) is 2. The van der Waals surface area contributed by atoms with E-state index in [9.17, 15) is 4.79 Å². The third-order valence-electron chi connectivity index (χ3n) is 3.18. The molecule has 0 aliphatic carbocycles. The normalized spacial score (nSPS) is 10.4. The topological polar surface area (TPSA) is 29.1 Å². The number of amides is 1. The van der Waals surface area contributed by atoms with Crippen LogP contribution in [0.5, 0.6) is 0 Å². The van der Waals surface area contributed by atoms with Crippen LogP contribution in [0.2, 0.25) is 0 Å². The summed E-state index contributed by atoms with van der Waals surface area (Å²) in [6, 6.07) is 16.3. The molecular formula is C17H18BrNOS. The van der Waals surface area contributed by atoms with Gasteiger partial charge in [0.2, 0.25) is 5.91 Å². The van der Waals surface area contributed by atoms with Crippen LogP contribution in [0.25, 0.3) is 0 Å². The van der Waals surface area contributed by atoms with Gasteiger partial charge in [0.05, 0.1) is 0 Å². The SMILES string of the molecule is CSc1ccc(CNC(=O)CCc2cccc(Br)c2)cc1. The third kappa shape index (κ3) is 5.56. The van der Waals surface area contributed by atoms with Crippen molar-refractivity contribution in [3.8, 4) is 0 Å². The van der Waals surface area contributed by atoms with Gasteiger partial charge in [-0.15, -0.1) is 11.8 Å². The Bertz CT molecular complexity index is 598. The minimum absolute atomic E-state index is 0.0870. The molecule has 2 aromatic rings. The smallest absolute Gasteiger partial charge is 0.220 e. The molecule has 2 nitrogen and oxygen atoms in total. The fourth-order valence-electron chi connectivity index (χ4n) is 1.98. The zero-order chi connectivity index (χ0) is 15.1. The first-order valence-corrected chi connectivity index (χ1v) is 8.83. The van der Waals surface area contributed by atoms with E-state index < -0.39 is 0 Å². The van der Waals surface area contributed by atoms with E-state index in [0.29, 0.717) is 13.0 Å². The summed E-state index contributed by atoms with van der Waals surface area (Å²) in [6.07, 6.45) is 3.33. The standard InChI is InChI=1S/C17H18BrNOS/c1-21-16-8-5-14(6-9-16)12-19-17(20)10-7-13-3-2-4-15(18)11-13/h2-6,8-9,11H,7,10,12H2,1H3,(H,19,20). The quantitative estimate of drug-likeness (QED) is 0.769. The summed E-state index contributed by atoms with van der Waals surface area (Å²) in [6.45, 7) is 0.589. The fourth-order valence-corrected chi connectivity index (χ4v) is 2.84. The van der Waals surface area contributed by atoms with Gasteiger partial charge in [-0.1, -0.05) is 40.2 Å². The summed E-state index contributed by atoms with van der Waals surface area (Å²) < 4.78 is 1.05. The molecule has 0 aliphatic heterocycles. The molecule has 0 fully saturated rings. The number of aryl methyl sites for hydroxylation is 1. The highest BCUT2D eigenvalue weighted by Gasteiger charge is 2.03. The van der Waals surface area contributed by atoms with Gasteiger partial charge in [-0.05, 0) is 48.1 Å². The van der Waals surface area contributed by atoms with Crippen LogP contribution in [0.15, 0.2) is 57.9 Å². The van der Waals surface area contributed by atoms with Gasteiger partial charge in [-0.2, -0.15) is 0 Å². The maximum atomic E-state index is 11.9. The molecule has 0 heterocycles. The van der Waals surface area contributed by atoms with Crippen LogP contribution in [0.4, 0.5) is 0 Å². The van der Waals surface area contributed by atoms with Gasteiger partial charge in [-0.3, -0.25) is 4.79 Å². The van der Waals surface area contributed by atoms with Crippen molar-refractivity contribution in [2.75, 3.05) is 6.26 Å². The van der Waals surface area contributed by atoms with Crippen LogP contribution in [0.1, 0.15) is 17.5 Å². The zero-order valence-corrected chi connectivity index (χ0v) is 14.3. The molecule has 0 saturated carbocycles. The Morgan fingerprint density at radius 1 is 1.14 bits per heavy atom. The Kier molecular flexibility index (Phi) is 6.33. The molecule has 0 bridgehead atoms. The molecular weight excluding hydrogens is 346 g/mol.